The molecule has 152 valence electrons. The summed E-state index contributed by atoms with van der Waals surface area (Å²) >= 11 is 0. The molecule has 0 bridgehead atoms. The zero-order valence-corrected chi connectivity index (χ0v) is 16.9. The summed E-state index contributed by atoms with van der Waals surface area (Å²) in [4.78, 5) is 19.3. The van der Waals surface area contributed by atoms with Crippen molar-refractivity contribution in [1.29, 1.82) is 0 Å². The Morgan fingerprint density at radius 3 is 2.83 bits per heavy atom. The number of aromatic nitrogens is 1. The monoisotopic (exact) mass is 390 g/mol. The summed E-state index contributed by atoms with van der Waals surface area (Å²) in [6.45, 7) is 3.40. The molecule has 0 saturated carbocycles. The first kappa shape index (κ1) is 19.6. The number of nitrogens with zero attached hydrogens (tertiary/aromatic N) is 2. The Balaban J connectivity index is 1.31. The van der Waals surface area contributed by atoms with E-state index in [2.05, 4.69) is 50.9 Å². The van der Waals surface area contributed by atoms with E-state index >= 15 is 0 Å². The third kappa shape index (κ3) is 5.24. The number of carbonyl (C=O) groups is 1. The van der Waals surface area contributed by atoms with Crippen LogP contribution in [0.2, 0.25) is 0 Å². The molecule has 1 aromatic carbocycles. The molecule has 0 radical (unpaired) electrons. The van der Waals surface area contributed by atoms with Gasteiger partial charge in [-0.05, 0) is 49.8 Å². The molecule has 4 rings (SSSR count). The molecule has 2 aromatic rings. The van der Waals surface area contributed by atoms with Gasteiger partial charge in [-0.2, -0.15) is 0 Å². The van der Waals surface area contributed by atoms with Gasteiger partial charge in [0.1, 0.15) is 5.82 Å². The van der Waals surface area contributed by atoms with E-state index in [1.807, 2.05) is 18.2 Å². The fraction of sp³-hybridized carbons (Fsp3) is 0.417. The molecule has 2 heterocycles. The highest BCUT2D eigenvalue weighted by atomic mass is 16.1. The van der Waals surface area contributed by atoms with Crippen molar-refractivity contribution in [2.75, 3.05) is 31.1 Å². The summed E-state index contributed by atoms with van der Waals surface area (Å²) in [7, 11) is 0. The number of rotatable bonds is 6. The first-order valence-corrected chi connectivity index (χ1v) is 10.7. The van der Waals surface area contributed by atoms with E-state index < -0.39 is 0 Å². The highest BCUT2D eigenvalue weighted by molar-refractivity contribution is 5.94. The van der Waals surface area contributed by atoms with Gasteiger partial charge in [-0.1, -0.05) is 42.0 Å². The van der Waals surface area contributed by atoms with Gasteiger partial charge in [0, 0.05) is 38.4 Å². The molecule has 2 N–H and O–H groups in total. The summed E-state index contributed by atoms with van der Waals surface area (Å²) in [5.41, 5.74) is 3.40. The highest BCUT2D eigenvalue weighted by Crippen LogP contribution is 2.21. The second-order valence-corrected chi connectivity index (χ2v) is 7.88. The molecule has 29 heavy (non-hydrogen) atoms. The van der Waals surface area contributed by atoms with Crippen molar-refractivity contribution in [2.24, 2.45) is 0 Å². The zero-order valence-electron chi connectivity index (χ0n) is 16.9. The lowest BCUT2D eigenvalue weighted by Gasteiger charge is -2.34. The highest BCUT2D eigenvalue weighted by Gasteiger charge is 2.21. The van der Waals surface area contributed by atoms with E-state index in [-0.39, 0.29) is 5.91 Å². The van der Waals surface area contributed by atoms with E-state index in [0.717, 1.165) is 31.9 Å². The first-order valence-electron chi connectivity index (χ1n) is 10.7. The topological polar surface area (TPSA) is 57.3 Å². The molecular formula is C24H30N4O. The van der Waals surface area contributed by atoms with Crippen molar-refractivity contribution in [3.63, 3.8) is 0 Å². The smallest absolute Gasteiger partial charge is 0.252 e. The Kier molecular flexibility index (Phi) is 6.57. The van der Waals surface area contributed by atoms with Crippen molar-refractivity contribution < 1.29 is 4.79 Å². The molecule has 0 unspecified atom stereocenters. The maximum absolute atomic E-state index is 12.4. The molecule has 1 fully saturated rings. The van der Waals surface area contributed by atoms with Crippen LogP contribution in [0.15, 0.2) is 60.3 Å². The summed E-state index contributed by atoms with van der Waals surface area (Å²) < 4.78 is 0. The maximum Gasteiger partial charge on any atom is 0.252 e. The number of anilines is 1. The van der Waals surface area contributed by atoms with Gasteiger partial charge < -0.3 is 15.5 Å². The van der Waals surface area contributed by atoms with Gasteiger partial charge in [0.05, 0.1) is 5.56 Å². The van der Waals surface area contributed by atoms with Crippen LogP contribution in [0, 0.1) is 0 Å². The number of carbonyl (C=O) groups excluding carboxylic acids is 1. The van der Waals surface area contributed by atoms with Crippen molar-refractivity contribution >= 4 is 11.7 Å². The van der Waals surface area contributed by atoms with Gasteiger partial charge in [0.2, 0.25) is 0 Å². The molecule has 1 atom stereocenters. The van der Waals surface area contributed by atoms with Crippen LogP contribution in [0.1, 0.15) is 54.1 Å². The standard InChI is InChI=1S/C24H30N4O/c29-24(26-14-13-19-7-3-1-4-8-19)21-11-12-23(27-17-21)28-16-15-25-22(18-28)20-9-5-2-6-10-20/h2,5-7,9-12,17,22,25H,1,3-4,8,13-16,18H2,(H,26,29)/t22-/m1/s1. The molecule has 1 saturated heterocycles. The van der Waals surface area contributed by atoms with Crippen LogP contribution in [0.25, 0.3) is 0 Å². The number of hydrogen-bond donors (Lipinski definition) is 2. The lowest BCUT2D eigenvalue weighted by atomic mass is 9.97. The molecule has 2 aliphatic rings. The minimum atomic E-state index is -0.0390. The summed E-state index contributed by atoms with van der Waals surface area (Å²) in [5.74, 6) is 0.888. The molecular weight excluding hydrogens is 360 g/mol. The van der Waals surface area contributed by atoms with E-state index in [1.165, 1.54) is 36.8 Å². The van der Waals surface area contributed by atoms with Crippen LogP contribution in [-0.4, -0.2) is 37.1 Å². The van der Waals surface area contributed by atoms with Crippen molar-refractivity contribution in [3.05, 3.63) is 71.4 Å². The molecule has 5 nitrogen and oxygen atoms in total. The largest absolute Gasteiger partial charge is 0.353 e. The Hall–Kier alpha value is -2.66. The number of benzene rings is 1. The lowest BCUT2D eigenvalue weighted by Crippen LogP contribution is -2.46. The number of hydrogen-bond acceptors (Lipinski definition) is 4. The van der Waals surface area contributed by atoms with Crippen molar-refractivity contribution in [1.82, 2.24) is 15.6 Å². The Bertz CT molecular complexity index is 832. The fourth-order valence-corrected chi connectivity index (χ4v) is 4.14. The quantitative estimate of drug-likeness (QED) is 0.736. The number of allylic oxidation sites excluding steroid dienone is 1. The van der Waals surface area contributed by atoms with Crippen LogP contribution in [0.5, 0.6) is 0 Å². The van der Waals surface area contributed by atoms with Crippen LogP contribution in [0.4, 0.5) is 5.82 Å². The summed E-state index contributed by atoms with van der Waals surface area (Å²) in [5, 5.41) is 6.61. The normalized spacial score (nSPS) is 19.5. The average molecular weight is 391 g/mol. The summed E-state index contributed by atoms with van der Waals surface area (Å²) in [6, 6.07) is 14.7. The number of piperazine rings is 1. The molecule has 5 heteroatoms. The fourth-order valence-electron chi connectivity index (χ4n) is 4.14. The Labute approximate surface area is 173 Å². The van der Waals surface area contributed by atoms with Crippen LogP contribution in [-0.2, 0) is 0 Å². The van der Waals surface area contributed by atoms with Crippen LogP contribution < -0.4 is 15.5 Å². The number of pyridine rings is 1. The van der Waals surface area contributed by atoms with Gasteiger partial charge in [0.15, 0.2) is 0 Å². The van der Waals surface area contributed by atoms with Gasteiger partial charge in [-0.15, -0.1) is 0 Å². The van der Waals surface area contributed by atoms with Gasteiger partial charge >= 0.3 is 0 Å². The minimum Gasteiger partial charge on any atom is -0.353 e. The lowest BCUT2D eigenvalue weighted by molar-refractivity contribution is 0.0953. The van der Waals surface area contributed by atoms with E-state index in [1.54, 1.807) is 6.20 Å². The average Bonchev–Trinajstić information content (AvgIpc) is 2.80. The minimum absolute atomic E-state index is 0.0390. The second-order valence-electron chi connectivity index (χ2n) is 7.88. The molecule has 0 spiro atoms. The van der Waals surface area contributed by atoms with E-state index in [4.69, 9.17) is 0 Å². The van der Waals surface area contributed by atoms with Crippen molar-refractivity contribution in [3.8, 4) is 0 Å². The van der Waals surface area contributed by atoms with Gasteiger partial charge in [0.25, 0.3) is 5.91 Å². The molecule has 1 amide bonds. The maximum atomic E-state index is 12.4. The molecule has 1 aromatic heterocycles. The Morgan fingerprint density at radius 1 is 1.17 bits per heavy atom. The van der Waals surface area contributed by atoms with Gasteiger partial charge in [-0.25, -0.2) is 4.98 Å². The predicted octanol–water partition coefficient (Wildman–Crippen LogP) is 3.85. The third-order valence-corrected chi connectivity index (χ3v) is 5.83. The number of nitrogens with one attached hydrogen (secondary N) is 2. The zero-order chi connectivity index (χ0) is 19.9. The SMILES string of the molecule is O=C(NCCC1=CCCCC1)c1ccc(N2CCN[C@@H](c3ccccc3)C2)nc1. The van der Waals surface area contributed by atoms with Gasteiger partial charge in [-0.3, -0.25) is 4.79 Å². The predicted molar refractivity (Wildman–Crippen MR) is 117 cm³/mol. The first-order chi connectivity index (χ1) is 14.3. The summed E-state index contributed by atoms with van der Waals surface area (Å²) in [6.07, 6.45) is 9.94. The van der Waals surface area contributed by atoms with E-state index in [9.17, 15) is 4.79 Å². The van der Waals surface area contributed by atoms with Crippen LogP contribution >= 0.6 is 0 Å². The third-order valence-electron chi connectivity index (χ3n) is 5.83. The second kappa shape index (κ2) is 9.70. The van der Waals surface area contributed by atoms with E-state index in [0.29, 0.717) is 18.2 Å². The molecule has 1 aliphatic carbocycles. The van der Waals surface area contributed by atoms with Crippen molar-refractivity contribution in [2.45, 2.75) is 38.1 Å². The molecule has 1 aliphatic heterocycles. The Morgan fingerprint density at radius 2 is 2.07 bits per heavy atom. The number of amides is 1. The van der Waals surface area contributed by atoms with Crippen LogP contribution in [0.3, 0.4) is 0 Å².